The molecule has 1 aromatic rings. The lowest BCUT2D eigenvalue weighted by Crippen LogP contribution is -2.38. The van der Waals surface area contributed by atoms with Gasteiger partial charge < -0.3 is 11.1 Å². The number of benzene rings is 1. The van der Waals surface area contributed by atoms with Crippen LogP contribution in [0.5, 0.6) is 0 Å². The molecule has 27 heavy (non-hydrogen) atoms. The number of nitrogens with zero attached hydrogens (tertiary/aromatic N) is 1. The number of likely N-dealkylation sites (tertiary alicyclic amines) is 1. The molecule has 1 aliphatic carbocycles. The van der Waals surface area contributed by atoms with Gasteiger partial charge in [-0.1, -0.05) is 24.1 Å². The maximum Gasteiger partial charge on any atom is 0.220 e. The van der Waals surface area contributed by atoms with Crippen molar-refractivity contribution in [2.24, 2.45) is 11.7 Å². The molecule has 3 atom stereocenters. The average molecular weight is 441 g/mol. The molecule has 3 N–H and O–H groups in total. The van der Waals surface area contributed by atoms with Gasteiger partial charge in [-0.2, -0.15) is 0 Å². The lowest BCUT2D eigenvalue weighted by Gasteiger charge is -2.29. The topological polar surface area (TPSA) is 58.4 Å². The van der Waals surface area contributed by atoms with Crippen molar-refractivity contribution in [3.05, 3.63) is 34.6 Å². The fraction of sp³-hybridized carbons (Fsp3) is 0.632. The van der Waals surface area contributed by atoms with Crippen LogP contribution in [0.2, 0.25) is 5.02 Å². The van der Waals surface area contributed by atoms with Crippen LogP contribution >= 0.6 is 36.4 Å². The largest absolute Gasteiger partial charge is 0.354 e. The number of nitrogens with one attached hydrogen (secondary N) is 1. The SMILES string of the molecule is Cl.Cl.N[C@@H]1CCC[C@H]1CC(=O)NCC(c1c(F)cccc1Cl)N1CCCC1. The van der Waals surface area contributed by atoms with Crippen molar-refractivity contribution < 1.29 is 9.18 Å². The highest BCUT2D eigenvalue weighted by molar-refractivity contribution is 6.31. The number of nitrogens with two attached hydrogens (primary N) is 1. The number of rotatable bonds is 6. The Hall–Kier alpha value is -0.590. The van der Waals surface area contributed by atoms with Gasteiger partial charge >= 0.3 is 0 Å². The van der Waals surface area contributed by atoms with Crippen molar-refractivity contribution in [1.82, 2.24) is 10.2 Å². The van der Waals surface area contributed by atoms with E-state index in [0.717, 1.165) is 45.2 Å². The second-order valence-electron chi connectivity index (χ2n) is 7.26. The molecule has 0 spiro atoms. The fourth-order valence-corrected chi connectivity index (χ4v) is 4.42. The molecule has 0 bridgehead atoms. The molecular formula is C19H29Cl3FN3O. The summed E-state index contributed by atoms with van der Waals surface area (Å²) >= 11 is 6.28. The van der Waals surface area contributed by atoms with Crippen LogP contribution in [0.25, 0.3) is 0 Å². The Bertz CT molecular complexity index is 594. The van der Waals surface area contributed by atoms with Gasteiger partial charge in [0.1, 0.15) is 5.82 Å². The van der Waals surface area contributed by atoms with Crippen molar-refractivity contribution in [1.29, 1.82) is 0 Å². The fourth-order valence-electron chi connectivity index (χ4n) is 4.14. The number of carbonyl (C=O) groups excluding carboxylic acids is 1. The maximum absolute atomic E-state index is 14.4. The summed E-state index contributed by atoms with van der Waals surface area (Å²) in [6.45, 7) is 2.18. The molecule has 154 valence electrons. The zero-order valence-corrected chi connectivity index (χ0v) is 17.7. The Labute approximate surface area is 178 Å². The molecule has 1 aromatic carbocycles. The molecule has 1 saturated carbocycles. The summed E-state index contributed by atoms with van der Waals surface area (Å²) in [7, 11) is 0. The normalized spacial score (nSPS) is 23.4. The van der Waals surface area contributed by atoms with Crippen molar-refractivity contribution in [2.45, 2.75) is 50.6 Å². The first-order valence-electron chi connectivity index (χ1n) is 9.26. The average Bonchev–Trinajstić information content (AvgIpc) is 3.23. The minimum absolute atomic E-state index is 0. The summed E-state index contributed by atoms with van der Waals surface area (Å²) in [6.07, 6.45) is 5.75. The summed E-state index contributed by atoms with van der Waals surface area (Å²) in [5.41, 5.74) is 6.55. The predicted octanol–water partition coefficient (Wildman–Crippen LogP) is 4.09. The molecule has 1 heterocycles. The summed E-state index contributed by atoms with van der Waals surface area (Å²) in [6, 6.07) is 4.66. The standard InChI is InChI=1S/C19H27ClFN3O.2ClH/c20-14-6-4-7-15(21)19(14)17(24-9-1-2-10-24)12-23-18(25)11-13-5-3-8-16(13)22;;/h4,6-7,13,16-17H,1-3,5,8-12,22H2,(H,23,25);2*1H/t13-,16+,17?;;/m0../s1. The molecule has 3 rings (SSSR count). The lowest BCUT2D eigenvalue weighted by atomic mass is 9.99. The first kappa shape index (κ1) is 24.4. The van der Waals surface area contributed by atoms with E-state index in [0.29, 0.717) is 23.6 Å². The van der Waals surface area contributed by atoms with Gasteiger partial charge in [-0.3, -0.25) is 9.69 Å². The van der Waals surface area contributed by atoms with Gasteiger partial charge in [-0.25, -0.2) is 4.39 Å². The van der Waals surface area contributed by atoms with E-state index in [1.165, 1.54) is 6.07 Å². The molecule has 2 aliphatic rings. The molecule has 1 saturated heterocycles. The van der Waals surface area contributed by atoms with Crippen LogP contribution in [0.15, 0.2) is 18.2 Å². The molecule has 1 amide bonds. The van der Waals surface area contributed by atoms with E-state index in [9.17, 15) is 9.18 Å². The Kier molecular flexibility index (Phi) is 10.3. The highest BCUT2D eigenvalue weighted by Crippen LogP contribution is 2.32. The van der Waals surface area contributed by atoms with Gasteiger partial charge in [-0.05, 0) is 56.8 Å². The van der Waals surface area contributed by atoms with Gasteiger partial charge in [-0.15, -0.1) is 24.8 Å². The second-order valence-corrected chi connectivity index (χ2v) is 7.66. The molecule has 2 fully saturated rings. The number of amides is 1. The quantitative estimate of drug-likeness (QED) is 0.700. The monoisotopic (exact) mass is 439 g/mol. The molecule has 0 aromatic heterocycles. The first-order chi connectivity index (χ1) is 12.1. The maximum atomic E-state index is 14.4. The molecule has 4 nitrogen and oxygen atoms in total. The highest BCUT2D eigenvalue weighted by Gasteiger charge is 2.29. The minimum atomic E-state index is -0.309. The van der Waals surface area contributed by atoms with Crippen molar-refractivity contribution in [3.63, 3.8) is 0 Å². The van der Waals surface area contributed by atoms with Gasteiger partial charge in [0.15, 0.2) is 0 Å². The predicted molar refractivity (Wildman–Crippen MR) is 112 cm³/mol. The molecule has 0 radical (unpaired) electrons. The van der Waals surface area contributed by atoms with Crippen LogP contribution < -0.4 is 11.1 Å². The summed E-state index contributed by atoms with van der Waals surface area (Å²) in [5.74, 6) is -0.0437. The Morgan fingerprint density at radius 1 is 1.26 bits per heavy atom. The van der Waals surface area contributed by atoms with E-state index in [1.54, 1.807) is 12.1 Å². The molecule has 1 aliphatic heterocycles. The van der Waals surface area contributed by atoms with Crippen LogP contribution in [-0.4, -0.2) is 36.5 Å². The van der Waals surface area contributed by atoms with Crippen molar-refractivity contribution >= 4 is 42.3 Å². The van der Waals surface area contributed by atoms with Gasteiger partial charge in [0.25, 0.3) is 0 Å². The van der Waals surface area contributed by atoms with Crippen molar-refractivity contribution in [2.75, 3.05) is 19.6 Å². The number of halogens is 4. The van der Waals surface area contributed by atoms with E-state index in [2.05, 4.69) is 10.2 Å². The number of carbonyl (C=O) groups is 1. The number of hydrogen-bond acceptors (Lipinski definition) is 3. The highest BCUT2D eigenvalue weighted by atomic mass is 35.5. The third kappa shape index (κ3) is 6.20. The van der Waals surface area contributed by atoms with Gasteiger partial charge in [0.2, 0.25) is 5.91 Å². The van der Waals surface area contributed by atoms with Crippen LogP contribution in [0, 0.1) is 11.7 Å². The van der Waals surface area contributed by atoms with Gasteiger partial charge in [0, 0.05) is 29.6 Å². The van der Waals surface area contributed by atoms with E-state index in [4.69, 9.17) is 17.3 Å². The van der Waals surface area contributed by atoms with Gasteiger partial charge in [0.05, 0.1) is 6.04 Å². The molecular weight excluding hydrogens is 412 g/mol. The summed E-state index contributed by atoms with van der Waals surface area (Å²) in [4.78, 5) is 14.6. The third-order valence-corrected chi connectivity index (χ3v) is 5.90. The lowest BCUT2D eigenvalue weighted by molar-refractivity contribution is -0.122. The first-order valence-corrected chi connectivity index (χ1v) is 9.64. The smallest absolute Gasteiger partial charge is 0.220 e. The van der Waals surface area contributed by atoms with Crippen LogP contribution in [0.1, 0.15) is 50.1 Å². The summed E-state index contributed by atoms with van der Waals surface area (Å²) in [5, 5.41) is 3.42. The Balaban J connectivity index is 0.00000182. The Morgan fingerprint density at radius 3 is 2.56 bits per heavy atom. The molecule has 8 heteroatoms. The zero-order chi connectivity index (χ0) is 17.8. The van der Waals surface area contributed by atoms with E-state index < -0.39 is 0 Å². The second kappa shape index (κ2) is 11.4. The van der Waals surface area contributed by atoms with E-state index in [1.807, 2.05) is 0 Å². The summed E-state index contributed by atoms with van der Waals surface area (Å²) < 4.78 is 14.4. The Morgan fingerprint density at radius 2 is 1.96 bits per heavy atom. The van der Waals surface area contributed by atoms with Crippen molar-refractivity contribution in [3.8, 4) is 0 Å². The molecule has 1 unspecified atom stereocenters. The van der Waals surface area contributed by atoms with E-state index >= 15 is 0 Å². The zero-order valence-electron chi connectivity index (χ0n) is 15.3. The van der Waals surface area contributed by atoms with Crippen LogP contribution in [0.3, 0.4) is 0 Å². The number of hydrogen-bond donors (Lipinski definition) is 2. The van der Waals surface area contributed by atoms with E-state index in [-0.39, 0.29) is 54.5 Å². The van der Waals surface area contributed by atoms with Crippen LogP contribution in [0.4, 0.5) is 4.39 Å². The third-order valence-electron chi connectivity index (χ3n) is 5.57. The minimum Gasteiger partial charge on any atom is -0.354 e. The van der Waals surface area contributed by atoms with Crippen LogP contribution in [-0.2, 0) is 4.79 Å².